The Morgan fingerprint density at radius 3 is 2.95 bits per heavy atom. The molecule has 108 valence electrons. The van der Waals surface area contributed by atoms with Crippen molar-refractivity contribution in [1.29, 1.82) is 0 Å². The summed E-state index contributed by atoms with van der Waals surface area (Å²) in [6.07, 6.45) is 0.194. The standard InChI is InChI=1S/C16H16N2O3/c17-16(20)7-10-3-1-2-4-13(10)18-14-9-21-15-8-11(19)5-6-12(14)15/h1-6,8,14,18-19H,7,9H2,(H2,17,20). The van der Waals surface area contributed by atoms with Gasteiger partial charge in [0.15, 0.2) is 0 Å². The lowest BCUT2D eigenvalue weighted by Crippen LogP contribution is -2.17. The van der Waals surface area contributed by atoms with Gasteiger partial charge < -0.3 is 20.9 Å². The first kappa shape index (κ1) is 13.3. The Morgan fingerprint density at radius 2 is 2.14 bits per heavy atom. The number of para-hydroxylation sites is 1. The van der Waals surface area contributed by atoms with Gasteiger partial charge in [-0.05, 0) is 23.8 Å². The highest BCUT2D eigenvalue weighted by Crippen LogP contribution is 2.37. The smallest absolute Gasteiger partial charge is 0.221 e. The Bertz CT molecular complexity index is 685. The number of hydrogen-bond donors (Lipinski definition) is 3. The predicted octanol–water partition coefficient (Wildman–Crippen LogP) is 1.97. The molecule has 3 rings (SSSR count). The first-order valence-electron chi connectivity index (χ1n) is 6.72. The molecule has 1 heterocycles. The molecule has 1 atom stereocenters. The number of rotatable bonds is 4. The molecule has 1 aliphatic heterocycles. The van der Waals surface area contributed by atoms with Crippen LogP contribution in [0.15, 0.2) is 42.5 Å². The summed E-state index contributed by atoms with van der Waals surface area (Å²) >= 11 is 0. The van der Waals surface area contributed by atoms with Gasteiger partial charge in [-0.15, -0.1) is 0 Å². The second kappa shape index (κ2) is 5.36. The summed E-state index contributed by atoms with van der Waals surface area (Å²) in [6, 6.07) is 12.6. The summed E-state index contributed by atoms with van der Waals surface area (Å²) in [4.78, 5) is 11.1. The van der Waals surface area contributed by atoms with Gasteiger partial charge in [-0.2, -0.15) is 0 Å². The molecule has 5 heteroatoms. The minimum absolute atomic E-state index is 0.0189. The van der Waals surface area contributed by atoms with E-state index in [0.717, 1.165) is 16.8 Å². The molecule has 4 N–H and O–H groups in total. The van der Waals surface area contributed by atoms with Crippen molar-refractivity contribution in [1.82, 2.24) is 0 Å². The zero-order chi connectivity index (χ0) is 14.8. The zero-order valence-corrected chi connectivity index (χ0v) is 11.4. The first-order chi connectivity index (χ1) is 10.1. The van der Waals surface area contributed by atoms with Crippen molar-refractivity contribution in [2.45, 2.75) is 12.5 Å². The molecule has 0 aromatic heterocycles. The number of amides is 1. The molecule has 0 radical (unpaired) electrons. The topological polar surface area (TPSA) is 84.6 Å². The van der Waals surface area contributed by atoms with Crippen LogP contribution < -0.4 is 15.8 Å². The Balaban J connectivity index is 1.85. The SMILES string of the molecule is NC(=O)Cc1ccccc1NC1COc2cc(O)ccc21. The number of ether oxygens (including phenoxy) is 1. The second-order valence-corrected chi connectivity index (χ2v) is 5.03. The fraction of sp³-hybridized carbons (Fsp3) is 0.188. The largest absolute Gasteiger partial charge is 0.508 e. The van der Waals surface area contributed by atoms with Crippen molar-refractivity contribution in [3.63, 3.8) is 0 Å². The van der Waals surface area contributed by atoms with Crippen molar-refractivity contribution >= 4 is 11.6 Å². The molecule has 1 aliphatic rings. The van der Waals surface area contributed by atoms with E-state index in [2.05, 4.69) is 5.32 Å². The van der Waals surface area contributed by atoms with Gasteiger partial charge in [0.05, 0.1) is 12.5 Å². The highest BCUT2D eigenvalue weighted by molar-refractivity contribution is 5.78. The molecule has 0 fully saturated rings. The molecule has 0 aliphatic carbocycles. The van der Waals surface area contributed by atoms with Crippen molar-refractivity contribution in [2.75, 3.05) is 11.9 Å². The highest BCUT2D eigenvalue weighted by atomic mass is 16.5. The zero-order valence-electron chi connectivity index (χ0n) is 11.4. The molecule has 2 aromatic rings. The van der Waals surface area contributed by atoms with Crippen LogP contribution in [0.25, 0.3) is 0 Å². The van der Waals surface area contributed by atoms with Crippen LogP contribution in [-0.4, -0.2) is 17.6 Å². The number of carbonyl (C=O) groups excluding carboxylic acids is 1. The van der Waals surface area contributed by atoms with Gasteiger partial charge in [-0.3, -0.25) is 4.79 Å². The Labute approximate surface area is 122 Å². The van der Waals surface area contributed by atoms with Crippen LogP contribution in [0.5, 0.6) is 11.5 Å². The summed E-state index contributed by atoms with van der Waals surface area (Å²) in [5.74, 6) is 0.501. The normalized spacial score (nSPS) is 16.1. The number of nitrogens with one attached hydrogen (secondary N) is 1. The number of benzene rings is 2. The highest BCUT2D eigenvalue weighted by Gasteiger charge is 2.24. The lowest BCUT2D eigenvalue weighted by Gasteiger charge is -2.16. The van der Waals surface area contributed by atoms with Crippen LogP contribution in [0.1, 0.15) is 17.2 Å². The van der Waals surface area contributed by atoms with Gasteiger partial charge >= 0.3 is 0 Å². The fourth-order valence-electron chi connectivity index (χ4n) is 2.51. The van der Waals surface area contributed by atoms with Gasteiger partial charge in [0.2, 0.25) is 5.91 Å². The molecular weight excluding hydrogens is 268 g/mol. The van der Waals surface area contributed by atoms with E-state index in [0.29, 0.717) is 12.4 Å². The van der Waals surface area contributed by atoms with Crippen molar-refractivity contribution in [3.8, 4) is 11.5 Å². The molecule has 5 nitrogen and oxygen atoms in total. The van der Waals surface area contributed by atoms with Crippen molar-refractivity contribution < 1.29 is 14.6 Å². The van der Waals surface area contributed by atoms with E-state index in [1.807, 2.05) is 30.3 Å². The van der Waals surface area contributed by atoms with Crippen molar-refractivity contribution in [2.24, 2.45) is 5.73 Å². The van der Waals surface area contributed by atoms with Crippen LogP contribution in [0.3, 0.4) is 0 Å². The quantitative estimate of drug-likeness (QED) is 0.801. The number of phenols is 1. The Morgan fingerprint density at radius 1 is 1.33 bits per heavy atom. The number of hydrogen-bond acceptors (Lipinski definition) is 4. The number of phenolic OH excluding ortho intramolecular Hbond substituents is 1. The van der Waals surface area contributed by atoms with Gasteiger partial charge in [-0.1, -0.05) is 18.2 Å². The number of nitrogens with two attached hydrogens (primary N) is 1. The summed E-state index contributed by atoms with van der Waals surface area (Å²) in [5, 5.41) is 12.8. The Hall–Kier alpha value is -2.69. The number of aromatic hydroxyl groups is 1. The monoisotopic (exact) mass is 284 g/mol. The lowest BCUT2D eigenvalue weighted by molar-refractivity contribution is -0.117. The van der Waals surface area contributed by atoms with Gasteiger partial charge in [0, 0.05) is 17.3 Å². The van der Waals surface area contributed by atoms with E-state index in [-0.39, 0.29) is 24.1 Å². The van der Waals surface area contributed by atoms with Crippen LogP contribution in [-0.2, 0) is 11.2 Å². The average Bonchev–Trinajstić information content (AvgIpc) is 2.83. The summed E-state index contributed by atoms with van der Waals surface area (Å²) in [5.41, 5.74) is 7.99. The molecule has 2 aromatic carbocycles. The minimum atomic E-state index is -0.364. The second-order valence-electron chi connectivity index (χ2n) is 5.03. The van der Waals surface area contributed by atoms with E-state index >= 15 is 0 Å². The third kappa shape index (κ3) is 2.76. The molecule has 0 saturated carbocycles. The summed E-state index contributed by atoms with van der Waals surface area (Å²) in [6.45, 7) is 0.476. The third-order valence-electron chi connectivity index (χ3n) is 3.49. The lowest BCUT2D eigenvalue weighted by atomic mass is 10.1. The minimum Gasteiger partial charge on any atom is -0.508 e. The third-order valence-corrected chi connectivity index (χ3v) is 3.49. The van der Waals surface area contributed by atoms with Gasteiger partial charge in [-0.25, -0.2) is 0 Å². The van der Waals surface area contributed by atoms with Crippen LogP contribution in [0.2, 0.25) is 0 Å². The van der Waals surface area contributed by atoms with E-state index < -0.39 is 0 Å². The van der Waals surface area contributed by atoms with E-state index in [1.165, 1.54) is 0 Å². The predicted molar refractivity (Wildman–Crippen MR) is 79.3 cm³/mol. The van der Waals surface area contributed by atoms with E-state index in [4.69, 9.17) is 10.5 Å². The number of fused-ring (bicyclic) bond motifs is 1. The number of carbonyl (C=O) groups is 1. The molecule has 0 bridgehead atoms. The van der Waals surface area contributed by atoms with Crippen LogP contribution in [0, 0.1) is 0 Å². The van der Waals surface area contributed by atoms with E-state index in [1.54, 1.807) is 12.1 Å². The van der Waals surface area contributed by atoms with Gasteiger partial charge in [0.25, 0.3) is 0 Å². The molecule has 1 unspecified atom stereocenters. The maximum absolute atomic E-state index is 11.1. The summed E-state index contributed by atoms with van der Waals surface area (Å²) < 4.78 is 5.57. The maximum Gasteiger partial charge on any atom is 0.221 e. The molecule has 21 heavy (non-hydrogen) atoms. The van der Waals surface area contributed by atoms with Crippen LogP contribution in [0.4, 0.5) is 5.69 Å². The summed E-state index contributed by atoms with van der Waals surface area (Å²) in [7, 11) is 0. The van der Waals surface area contributed by atoms with Gasteiger partial charge in [0.1, 0.15) is 18.1 Å². The molecule has 1 amide bonds. The van der Waals surface area contributed by atoms with Crippen molar-refractivity contribution in [3.05, 3.63) is 53.6 Å². The molecule has 0 saturated heterocycles. The average molecular weight is 284 g/mol. The Kier molecular flexibility index (Phi) is 3.39. The molecule has 0 spiro atoms. The number of anilines is 1. The first-order valence-corrected chi connectivity index (χ1v) is 6.72. The fourth-order valence-corrected chi connectivity index (χ4v) is 2.51. The maximum atomic E-state index is 11.1. The molecular formula is C16H16N2O3. The number of primary amides is 1. The van der Waals surface area contributed by atoms with E-state index in [9.17, 15) is 9.90 Å². The van der Waals surface area contributed by atoms with Crippen LogP contribution >= 0.6 is 0 Å².